The average molecular weight is 1070 g/mol. The summed E-state index contributed by atoms with van der Waals surface area (Å²) in [6.45, 7) is 14.1. The lowest BCUT2D eigenvalue weighted by molar-refractivity contribution is -0.128. The van der Waals surface area contributed by atoms with Crippen LogP contribution in [0, 0.1) is 5.92 Å². The number of methoxy groups -OCH3 is 2. The third kappa shape index (κ3) is 12.9. The summed E-state index contributed by atoms with van der Waals surface area (Å²) in [5.41, 5.74) is 0.323. The first-order valence-electron chi connectivity index (χ1n) is 25.6. The van der Waals surface area contributed by atoms with Gasteiger partial charge in [0.25, 0.3) is 11.8 Å². The van der Waals surface area contributed by atoms with Gasteiger partial charge in [-0.05, 0) is 89.1 Å². The van der Waals surface area contributed by atoms with Crippen LogP contribution in [-0.2, 0) is 30.4 Å². The van der Waals surface area contributed by atoms with Crippen molar-refractivity contribution in [2.75, 3.05) is 62.2 Å². The summed E-state index contributed by atoms with van der Waals surface area (Å²) < 4.78 is 40.1. The van der Waals surface area contributed by atoms with Gasteiger partial charge in [0.15, 0.2) is 35.5 Å². The molecule has 7 amide bonds. The van der Waals surface area contributed by atoms with Crippen LogP contribution >= 0.6 is 0 Å². The number of carbonyl (C=O) groups excluding carboxylic acids is 7. The first kappa shape index (κ1) is 56.9. The number of carbonyl (C=O) groups is 7. The molecule has 4 aliphatic heterocycles. The summed E-state index contributed by atoms with van der Waals surface area (Å²) in [7, 11) is 2.82. The highest BCUT2D eigenvalue weighted by molar-refractivity contribution is 6.07. The third-order valence-electron chi connectivity index (χ3n) is 13.4. The summed E-state index contributed by atoms with van der Waals surface area (Å²) in [6, 6.07) is 8.88. The Kier molecular flexibility index (Phi) is 18.1. The van der Waals surface area contributed by atoms with Crippen LogP contribution in [0.2, 0.25) is 0 Å². The van der Waals surface area contributed by atoms with Crippen molar-refractivity contribution in [2.45, 2.75) is 122 Å². The fourth-order valence-electron chi connectivity index (χ4n) is 9.54. The third-order valence-corrected chi connectivity index (χ3v) is 13.4. The summed E-state index contributed by atoms with van der Waals surface area (Å²) in [5, 5.41) is 31.3. The maximum Gasteiger partial charge on any atom is 0.417 e. The van der Waals surface area contributed by atoms with Crippen LogP contribution in [-0.4, -0.2) is 151 Å². The van der Waals surface area contributed by atoms with E-state index in [2.05, 4.69) is 22.5 Å². The first-order valence-corrected chi connectivity index (χ1v) is 25.6. The van der Waals surface area contributed by atoms with E-state index in [1.54, 1.807) is 63.8 Å². The highest BCUT2D eigenvalue weighted by atomic mass is 16.6. The fraction of sp³-hybridized carbons (Fsp3) is 0.500. The Bertz CT molecular complexity index is 2710. The molecule has 0 aliphatic carbocycles. The largest absolute Gasteiger partial charge is 0.493 e. The van der Waals surface area contributed by atoms with E-state index in [0.717, 1.165) is 9.80 Å². The molecule has 4 aliphatic rings. The highest BCUT2D eigenvalue weighted by Crippen LogP contribution is 2.43. The standard InChI is InChI=1S/C54H69N7O16/c1-10-22-75-51(68)57-44(30(2)3)46(63)55-31(4)45(62)56-33-18-16-32(17-19-33)29-76-52(69)60-38-27-42(40(71-8)25-34(38)47(64)58-20-11-14-36(58)49(60)66)73-23-13-24-74-43-28-39-35(26-41(43)72-9)48(65)59-21-12-15-37(59)50(67)61(39)53(70)77-54(5,6)7/h10,16-19,25-28,30-31,36-37,44,49-50,66-67H,1,11-15,20-24,29H2,2-9H3,(H,55,63)(H,56,62)(H,57,68)/t31-,36-,37-,44-,49-,50-/m0/s1. The molecular formula is C54H69N7O16. The molecule has 4 heterocycles. The number of alkyl carbamates (subject to hydrolysis) is 1. The van der Waals surface area contributed by atoms with Gasteiger partial charge in [0.2, 0.25) is 11.8 Å². The second-order valence-corrected chi connectivity index (χ2v) is 20.3. The van der Waals surface area contributed by atoms with Crippen LogP contribution in [0.1, 0.15) is 99.9 Å². The molecule has 0 radical (unpaired) electrons. The van der Waals surface area contributed by atoms with E-state index >= 15 is 0 Å². The molecule has 23 nitrogen and oxygen atoms in total. The van der Waals surface area contributed by atoms with E-state index in [1.807, 2.05) is 0 Å². The van der Waals surface area contributed by atoms with Crippen molar-refractivity contribution in [2.24, 2.45) is 5.92 Å². The number of amides is 7. The maximum absolute atomic E-state index is 14.2. The molecule has 7 rings (SSSR count). The molecule has 23 heteroatoms. The molecule has 0 spiro atoms. The number of benzene rings is 3. The molecule has 3 aromatic rings. The second kappa shape index (κ2) is 24.5. The van der Waals surface area contributed by atoms with E-state index in [1.165, 1.54) is 56.4 Å². The van der Waals surface area contributed by atoms with E-state index in [-0.39, 0.29) is 90.2 Å². The van der Waals surface area contributed by atoms with Crippen molar-refractivity contribution < 1.29 is 76.9 Å². The molecule has 416 valence electrons. The molecule has 5 N–H and O–H groups in total. The molecule has 77 heavy (non-hydrogen) atoms. The monoisotopic (exact) mass is 1070 g/mol. The van der Waals surface area contributed by atoms with E-state index in [0.29, 0.717) is 50.0 Å². The normalized spacial score (nSPS) is 19.5. The van der Waals surface area contributed by atoms with Crippen molar-refractivity contribution >= 4 is 59.0 Å². The van der Waals surface area contributed by atoms with Crippen molar-refractivity contribution in [1.29, 1.82) is 0 Å². The number of anilines is 3. The lowest BCUT2D eigenvalue weighted by atomic mass is 10.0. The van der Waals surface area contributed by atoms with Crippen LogP contribution in [0.4, 0.5) is 31.4 Å². The van der Waals surface area contributed by atoms with Crippen LogP contribution < -0.4 is 44.7 Å². The van der Waals surface area contributed by atoms with Gasteiger partial charge in [-0.3, -0.25) is 19.2 Å². The maximum atomic E-state index is 14.2. The van der Waals surface area contributed by atoms with E-state index in [4.69, 9.17) is 33.2 Å². The van der Waals surface area contributed by atoms with Crippen LogP contribution in [0.5, 0.6) is 23.0 Å². The van der Waals surface area contributed by atoms with Gasteiger partial charge in [0.05, 0.1) is 62.0 Å². The minimum atomic E-state index is -1.50. The molecule has 2 fully saturated rings. The topological polar surface area (TPSA) is 274 Å². The fourth-order valence-corrected chi connectivity index (χ4v) is 9.54. The SMILES string of the molecule is C=CCOC(=O)N[C@H](C(=O)N[C@@H](C)C(=O)Nc1ccc(COC(=O)N2c3cc(OCCCOc4cc5c(cc4OC)C(=O)N4CCC[C@H]4[C@H](O)N5C(=O)OC(C)(C)C)c(OC)cc3C(=O)N3CCC[C@H]3[C@@H]2O)cc1)C(C)C. The quantitative estimate of drug-likeness (QED) is 0.0582. The average Bonchev–Trinajstić information content (AvgIpc) is 4.10. The predicted octanol–water partition coefficient (Wildman–Crippen LogP) is 5.69. The Hall–Kier alpha value is -7.79. The Morgan fingerprint density at radius 2 is 1.25 bits per heavy atom. The first-order chi connectivity index (χ1) is 36.7. The molecule has 3 aromatic carbocycles. The Morgan fingerprint density at radius 1 is 0.727 bits per heavy atom. The highest BCUT2D eigenvalue weighted by Gasteiger charge is 2.47. The summed E-state index contributed by atoms with van der Waals surface area (Å²) in [5.74, 6) is -1.51. The van der Waals surface area contributed by atoms with Gasteiger partial charge in [0.1, 0.15) is 30.9 Å². The van der Waals surface area contributed by atoms with E-state index in [9.17, 15) is 43.8 Å². The number of ether oxygens (including phenoxy) is 7. The lowest BCUT2D eigenvalue weighted by Gasteiger charge is -2.33. The van der Waals surface area contributed by atoms with Gasteiger partial charge in [-0.15, -0.1) is 0 Å². The number of fused-ring (bicyclic) bond motifs is 4. The van der Waals surface area contributed by atoms with Gasteiger partial charge in [0, 0.05) is 37.3 Å². The minimum absolute atomic E-state index is 0.0186. The molecule has 2 saturated heterocycles. The van der Waals surface area contributed by atoms with Crippen molar-refractivity contribution in [3.63, 3.8) is 0 Å². The summed E-state index contributed by atoms with van der Waals surface area (Å²) in [4.78, 5) is 99.2. The van der Waals surface area contributed by atoms with Crippen LogP contribution in [0.25, 0.3) is 0 Å². The minimum Gasteiger partial charge on any atom is -0.493 e. The molecule has 0 saturated carbocycles. The zero-order valence-corrected chi connectivity index (χ0v) is 44.6. The number of nitrogens with zero attached hydrogens (tertiary/aromatic N) is 4. The van der Waals surface area contributed by atoms with Gasteiger partial charge in [-0.2, -0.15) is 0 Å². The number of aliphatic hydroxyl groups is 2. The van der Waals surface area contributed by atoms with Gasteiger partial charge < -0.3 is 69.1 Å². The van der Waals surface area contributed by atoms with Crippen molar-refractivity contribution in [3.8, 4) is 23.0 Å². The predicted molar refractivity (Wildman–Crippen MR) is 279 cm³/mol. The number of nitrogens with one attached hydrogen (secondary N) is 3. The zero-order valence-electron chi connectivity index (χ0n) is 44.6. The number of aliphatic hydroxyl groups excluding tert-OH is 2. The van der Waals surface area contributed by atoms with Gasteiger partial charge in [-0.25, -0.2) is 24.2 Å². The van der Waals surface area contributed by atoms with Crippen LogP contribution in [0.3, 0.4) is 0 Å². The zero-order chi connectivity index (χ0) is 55.9. The van der Waals surface area contributed by atoms with Gasteiger partial charge >= 0.3 is 18.3 Å². The number of hydrogen-bond donors (Lipinski definition) is 5. The molecule has 0 bridgehead atoms. The molecular weight excluding hydrogens is 1000 g/mol. The van der Waals surface area contributed by atoms with E-state index < -0.39 is 78.2 Å². The van der Waals surface area contributed by atoms with Gasteiger partial charge in [-0.1, -0.05) is 38.6 Å². The number of hydrogen-bond acceptors (Lipinski definition) is 16. The Labute approximate surface area is 446 Å². The molecule has 0 aromatic heterocycles. The van der Waals surface area contributed by atoms with Crippen molar-refractivity contribution in [3.05, 3.63) is 77.9 Å². The summed E-state index contributed by atoms with van der Waals surface area (Å²) >= 11 is 0. The lowest BCUT2D eigenvalue weighted by Crippen LogP contribution is -2.53. The number of rotatable bonds is 18. The summed E-state index contributed by atoms with van der Waals surface area (Å²) in [6.07, 6.45) is -1.68. The van der Waals surface area contributed by atoms with Crippen LogP contribution in [0.15, 0.2) is 61.2 Å². The molecule has 6 atom stereocenters. The Morgan fingerprint density at radius 3 is 1.73 bits per heavy atom. The Balaban J connectivity index is 1.02. The smallest absolute Gasteiger partial charge is 0.417 e. The second-order valence-electron chi connectivity index (χ2n) is 20.3. The molecule has 0 unspecified atom stereocenters. The van der Waals surface area contributed by atoms with Crippen molar-refractivity contribution in [1.82, 2.24) is 20.4 Å².